The molecule has 135 valence electrons. The Hall–Kier alpha value is -2.96. The summed E-state index contributed by atoms with van der Waals surface area (Å²) in [5.41, 5.74) is 2.74. The molecule has 1 aliphatic heterocycles. The van der Waals surface area contributed by atoms with Crippen molar-refractivity contribution in [1.29, 1.82) is 0 Å². The van der Waals surface area contributed by atoms with Crippen molar-refractivity contribution in [2.75, 3.05) is 0 Å². The Morgan fingerprint density at radius 1 is 0.714 bits per heavy atom. The van der Waals surface area contributed by atoms with Gasteiger partial charge in [0.15, 0.2) is 7.14 Å². The van der Waals surface area contributed by atoms with E-state index in [1.807, 2.05) is 91.0 Å². The number of benzene rings is 3. The molecule has 1 radical (unpaired) electrons. The van der Waals surface area contributed by atoms with Gasteiger partial charge < -0.3 is 4.57 Å². The van der Waals surface area contributed by atoms with E-state index in [1.54, 1.807) is 0 Å². The zero-order valence-electron chi connectivity index (χ0n) is 15.3. The van der Waals surface area contributed by atoms with Gasteiger partial charge in [0.25, 0.3) is 0 Å². The molecule has 0 aromatic heterocycles. The van der Waals surface area contributed by atoms with Crippen LogP contribution in [-0.4, -0.2) is 5.45 Å². The number of para-hydroxylation sites is 1. The van der Waals surface area contributed by atoms with Gasteiger partial charge in [-0.25, -0.2) is 4.99 Å². The van der Waals surface area contributed by atoms with Crippen molar-refractivity contribution >= 4 is 28.9 Å². The molecule has 0 N–H and O–H groups in total. The molecule has 5 rings (SSSR count). The fourth-order valence-electron chi connectivity index (χ4n) is 3.99. The van der Waals surface area contributed by atoms with E-state index in [-0.39, 0.29) is 5.92 Å². The molecule has 1 atom stereocenters. The van der Waals surface area contributed by atoms with Crippen molar-refractivity contribution in [3.05, 3.63) is 121 Å². The number of rotatable bonds is 3. The van der Waals surface area contributed by atoms with Gasteiger partial charge >= 0.3 is 0 Å². The van der Waals surface area contributed by atoms with Crippen LogP contribution in [0.3, 0.4) is 0 Å². The fraction of sp³-hybridized carbons (Fsp3) is 0.0400. The second-order valence-corrected chi connectivity index (χ2v) is 9.65. The molecule has 1 aliphatic carbocycles. The monoisotopic (exact) mass is 380 g/mol. The Morgan fingerprint density at radius 2 is 1.32 bits per heavy atom. The van der Waals surface area contributed by atoms with Gasteiger partial charge in [-0.2, -0.15) is 0 Å². The lowest BCUT2D eigenvalue weighted by atomic mass is 9.81. The highest BCUT2D eigenvalue weighted by Gasteiger charge is 2.43. The van der Waals surface area contributed by atoms with Gasteiger partial charge in [0, 0.05) is 22.4 Å². The van der Waals surface area contributed by atoms with Gasteiger partial charge in [-0.05, 0) is 11.6 Å². The van der Waals surface area contributed by atoms with E-state index in [2.05, 4.69) is 18.2 Å². The predicted molar refractivity (Wildman–Crippen MR) is 117 cm³/mol. The Labute approximate surface area is 165 Å². The molecule has 0 amide bonds. The summed E-state index contributed by atoms with van der Waals surface area (Å²) in [7, 11) is -3.10. The van der Waals surface area contributed by atoms with Gasteiger partial charge in [0.1, 0.15) is 0 Å². The summed E-state index contributed by atoms with van der Waals surface area (Å²) >= 11 is 0. The van der Waals surface area contributed by atoms with Gasteiger partial charge in [-0.15, -0.1) is 0 Å². The van der Waals surface area contributed by atoms with Gasteiger partial charge in [0.05, 0.1) is 11.1 Å². The molecular weight excluding hydrogens is 361 g/mol. The van der Waals surface area contributed by atoms with Gasteiger partial charge in [-0.1, -0.05) is 103 Å². The standard InChI is InChI=1S/C25H19NOP/c27-28(19-11-3-1-4-12-19,20-13-5-2-6-14-20)25-23-17-8-7-15-21(23)22-16-9-10-18-24(22)26-25/h1-18,23H. The van der Waals surface area contributed by atoms with Crippen molar-refractivity contribution in [2.24, 2.45) is 10.9 Å². The number of nitrogens with zero attached hydrogens (tertiary/aromatic N) is 1. The molecule has 0 spiro atoms. The van der Waals surface area contributed by atoms with Crippen LogP contribution in [0.5, 0.6) is 0 Å². The van der Waals surface area contributed by atoms with Crippen LogP contribution in [0.15, 0.2) is 114 Å². The highest BCUT2D eigenvalue weighted by Crippen LogP contribution is 2.54. The molecule has 3 aromatic rings. The SMILES string of the molecule is O=P(C1=Nc2ccccc2[C]2C=CC=CC21)(c1ccccc1)c1ccccc1. The second-order valence-electron chi connectivity index (χ2n) is 6.94. The van der Waals surface area contributed by atoms with E-state index in [0.717, 1.165) is 33.2 Å². The first kappa shape index (κ1) is 17.2. The maximum Gasteiger partial charge on any atom is 0.185 e. The van der Waals surface area contributed by atoms with Crippen molar-refractivity contribution in [3.63, 3.8) is 0 Å². The largest absolute Gasteiger partial charge is 0.307 e. The average Bonchev–Trinajstić information content (AvgIpc) is 2.79. The van der Waals surface area contributed by atoms with Crippen LogP contribution in [-0.2, 0) is 4.57 Å². The topological polar surface area (TPSA) is 29.4 Å². The minimum Gasteiger partial charge on any atom is -0.307 e. The quantitative estimate of drug-likeness (QED) is 0.559. The van der Waals surface area contributed by atoms with Crippen LogP contribution in [0.25, 0.3) is 0 Å². The Morgan fingerprint density at radius 3 is 2.00 bits per heavy atom. The van der Waals surface area contributed by atoms with E-state index >= 15 is 0 Å². The minimum absolute atomic E-state index is 0.0915. The van der Waals surface area contributed by atoms with Crippen molar-refractivity contribution in [3.8, 4) is 0 Å². The maximum atomic E-state index is 14.8. The molecule has 0 fully saturated rings. The van der Waals surface area contributed by atoms with Crippen molar-refractivity contribution < 1.29 is 4.57 Å². The first-order chi connectivity index (χ1) is 13.8. The third kappa shape index (κ3) is 2.65. The molecule has 1 heterocycles. The first-order valence-corrected chi connectivity index (χ1v) is 11.1. The number of hydrogen-bond donors (Lipinski definition) is 0. The predicted octanol–water partition coefficient (Wildman–Crippen LogP) is 5.41. The van der Waals surface area contributed by atoms with Crippen LogP contribution in [0, 0.1) is 11.8 Å². The Balaban J connectivity index is 1.80. The third-order valence-corrected chi connectivity index (χ3v) is 8.39. The Kier molecular flexibility index (Phi) is 4.22. The number of fused-ring (bicyclic) bond motifs is 3. The number of hydrogen-bond acceptors (Lipinski definition) is 2. The summed E-state index contributed by atoms with van der Waals surface area (Å²) in [5, 5.41) is 1.64. The highest BCUT2D eigenvalue weighted by atomic mass is 31.2. The summed E-state index contributed by atoms with van der Waals surface area (Å²) in [4.78, 5) is 5.00. The summed E-state index contributed by atoms with van der Waals surface area (Å²) in [6.07, 6.45) is 8.31. The minimum atomic E-state index is -3.10. The summed E-state index contributed by atoms with van der Waals surface area (Å²) in [5.74, 6) is 1.07. The fourth-order valence-corrected chi connectivity index (χ4v) is 6.86. The number of allylic oxidation sites excluding steroid dienone is 4. The molecular formula is C25H19NOP. The van der Waals surface area contributed by atoms with Crippen LogP contribution in [0.2, 0.25) is 0 Å². The lowest BCUT2D eigenvalue weighted by Gasteiger charge is -2.34. The normalized spacial score (nSPS) is 18.3. The summed E-state index contributed by atoms with van der Waals surface area (Å²) < 4.78 is 14.8. The van der Waals surface area contributed by atoms with E-state index in [4.69, 9.17) is 4.99 Å². The van der Waals surface area contributed by atoms with Gasteiger partial charge in [0.2, 0.25) is 0 Å². The first-order valence-electron chi connectivity index (χ1n) is 9.40. The van der Waals surface area contributed by atoms with Crippen LogP contribution in [0.1, 0.15) is 5.56 Å². The van der Waals surface area contributed by atoms with Gasteiger partial charge in [-0.3, -0.25) is 0 Å². The zero-order valence-corrected chi connectivity index (χ0v) is 16.2. The molecule has 3 aromatic carbocycles. The van der Waals surface area contributed by atoms with Crippen LogP contribution in [0.4, 0.5) is 5.69 Å². The van der Waals surface area contributed by atoms with E-state index < -0.39 is 7.14 Å². The van der Waals surface area contributed by atoms with E-state index in [0.29, 0.717) is 0 Å². The van der Waals surface area contributed by atoms with E-state index in [1.165, 1.54) is 0 Å². The zero-order chi connectivity index (χ0) is 19.0. The lowest BCUT2D eigenvalue weighted by molar-refractivity contribution is 0.592. The molecule has 1 unspecified atom stereocenters. The lowest BCUT2D eigenvalue weighted by Crippen LogP contribution is -2.32. The van der Waals surface area contributed by atoms with Crippen LogP contribution < -0.4 is 10.6 Å². The highest BCUT2D eigenvalue weighted by molar-refractivity contribution is 7.93. The molecule has 0 bridgehead atoms. The molecule has 0 saturated carbocycles. The Bertz CT molecular complexity index is 1100. The smallest absolute Gasteiger partial charge is 0.185 e. The van der Waals surface area contributed by atoms with Crippen LogP contribution >= 0.6 is 7.14 Å². The molecule has 0 saturated heterocycles. The third-order valence-electron chi connectivity index (χ3n) is 5.32. The summed E-state index contributed by atoms with van der Waals surface area (Å²) in [6, 6.07) is 27.6. The molecule has 28 heavy (non-hydrogen) atoms. The van der Waals surface area contributed by atoms with Crippen molar-refractivity contribution in [1.82, 2.24) is 0 Å². The summed E-state index contributed by atoms with van der Waals surface area (Å²) in [6.45, 7) is 0. The molecule has 2 aliphatic rings. The van der Waals surface area contributed by atoms with Crippen molar-refractivity contribution in [2.45, 2.75) is 0 Å². The average molecular weight is 380 g/mol. The maximum absolute atomic E-state index is 14.8. The number of aliphatic imine (C=N–C) groups is 1. The second kappa shape index (κ2) is 6.89. The van der Waals surface area contributed by atoms with E-state index in [9.17, 15) is 4.57 Å². The molecule has 3 heteroatoms. The molecule has 2 nitrogen and oxygen atoms in total.